The molecule has 4 heteroatoms. The summed E-state index contributed by atoms with van der Waals surface area (Å²) in [7, 11) is 1.95. The number of rotatable bonds is 6. The van der Waals surface area contributed by atoms with Crippen molar-refractivity contribution in [2.45, 2.75) is 25.8 Å². The van der Waals surface area contributed by atoms with Crippen molar-refractivity contribution in [1.29, 1.82) is 0 Å². The van der Waals surface area contributed by atoms with Gasteiger partial charge < -0.3 is 10.1 Å². The molecule has 0 radical (unpaired) electrons. The van der Waals surface area contributed by atoms with Gasteiger partial charge in [0.2, 0.25) is 0 Å². The second-order valence-corrected chi connectivity index (χ2v) is 6.21. The van der Waals surface area contributed by atoms with Crippen molar-refractivity contribution in [3.05, 3.63) is 26.6 Å². The highest BCUT2D eigenvalue weighted by Crippen LogP contribution is 2.36. The Morgan fingerprint density at radius 1 is 1.29 bits per heavy atom. The van der Waals surface area contributed by atoms with E-state index in [0.717, 1.165) is 33.8 Å². The molecule has 0 bridgehead atoms. The topological polar surface area (TPSA) is 21.3 Å². The van der Waals surface area contributed by atoms with Crippen LogP contribution in [0.25, 0.3) is 0 Å². The van der Waals surface area contributed by atoms with Gasteiger partial charge in [-0.1, -0.05) is 12.8 Å². The molecular weight excluding hydrogens is 346 g/mol. The number of halogens is 2. The first-order chi connectivity index (χ1) is 8.20. The summed E-state index contributed by atoms with van der Waals surface area (Å²) in [5.41, 5.74) is 1.24. The molecule has 0 heterocycles. The Balaban J connectivity index is 1.99. The number of benzene rings is 1. The van der Waals surface area contributed by atoms with Gasteiger partial charge in [0, 0.05) is 6.54 Å². The molecule has 17 heavy (non-hydrogen) atoms. The van der Waals surface area contributed by atoms with Gasteiger partial charge in [-0.3, -0.25) is 0 Å². The van der Waals surface area contributed by atoms with Gasteiger partial charge in [-0.2, -0.15) is 0 Å². The average molecular weight is 363 g/mol. The predicted molar refractivity (Wildman–Crippen MR) is 77.4 cm³/mol. The van der Waals surface area contributed by atoms with Crippen LogP contribution in [0.15, 0.2) is 21.1 Å². The molecule has 1 aromatic rings. The van der Waals surface area contributed by atoms with E-state index < -0.39 is 0 Å². The first-order valence-electron chi connectivity index (χ1n) is 5.96. The van der Waals surface area contributed by atoms with Crippen molar-refractivity contribution in [2.24, 2.45) is 5.92 Å². The zero-order valence-corrected chi connectivity index (χ0v) is 13.1. The Kier molecular flexibility index (Phi) is 4.88. The second-order valence-electron chi connectivity index (χ2n) is 4.50. The van der Waals surface area contributed by atoms with E-state index in [4.69, 9.17) is 4.74 Å². The molecule has 0 saturated heterocycles. The minimum atomic E-state index is 0.813. The highest BCUT2D eigenvalue weighted by molar-refractivity contribution is 9.11. The predicted octanol–water partition coefficient (Wildman–Crippen LogP) is 4.11. The van der Waals surface area contributed by atoms with Crippen molar-refractivity contribution in [2.75, 3.05) is 13.7 Å². The quantitative estimate of drug-likeness (QED) is 0.822. The van der Waals surface area contributed by atoms with Gasteiger partial charge in [0.1, 0.15) is 5.75 Å². The summed E-state index contributed by atoms with van der Waals surface area (Å²) in [6.07, 6.45) is 3.94. The Morgan fingerprint density at radius 2 is 1.94 bits per heavy atom. The van der Waals surface area contributed by atoms with Crippen LogP contribution in [0.2, 0.25) is 0 Å². The Labute approximate surface area is 119 Å². The molecule has 0 spiro atoms. The molecule has 2 nitrogen and oxygen atoms in total. The van der Waals surface area contributed by atoms with Crippen LogP contribution in [0.1, 0.15) is 24.8 Å². The molecule has 0 unspecified atom stereocenters. The van der Waals surface area contributed by atoms with Crippen LogP contribution in [0.5, 0.6) is 5.75 Å². The highest BCUT2D eigenvalue weighted by atomic mass is 79.9. The molecule has 1 aliphatic carbocycles. The van der Waals surface area contributed by atoms with Crippen LogP contribution in [0, 0.1) is 5.92 Å². The average Bonchev–Trinajstić information content (AvgIpc) is 3.06. The third-order valence-electron chi connectivity index (χ3n) is 2.91. The SMILES string of the molecule is CNCc1cc(Br)c(OCCC2CC2)c(Br)c1. The molecule has 94 valence electrons. The molecule has 2 rings (SSSR count). The zero-order valence-electron chi connectivity index (χ0n) is 9.93. The van der Waals surface area contributed by atoms with Gasteiger partial charge in [0.05, 0.1) is 15.6 Å². The summed E-state index contributed by atoms with van der Waals surface area (Å²) in [5.74, 6) is 1.83. The van der Waals surface area contributed by atoms with Crippen LogP contribution in [0.3, 0.4) is 0 Å². The van der Waals surface area contributed by atoms with E-state index in [1.165, 1.54) is 24.8 Å². The van der Waals surface area contributed by atoms with Crippen molar-refractivity contribution in [1.82, 2.24) is 5.32 Å². The van der Waals surface area contributed by atoms with E-state index in [9.17, 15) is 0 Å². The molecule has 0 amide bonds. The summed E-state index contributed by atoms with van der Waals surface area (Å²) in [5, 5.41) is 3.14. The lowest BCUT2D eigenvalue weighted by atomic mass is 10.2. The van der Waals surface area contributed by atoms with Crippen LogP contribution >= 0.6 is 31.9 Å². The normalized spacial score (nSPS) is 15.0. The van der Waals surface area contributed by atoms with E-state index in [0.29, 0.717) is 0 Å². The van der Waals surface area contributed by atoms with Crippen LogP contribution in [-0.2, 0) is 6.54 Å². The maximum atomic E-state index is 5.84. The van der Waals surface area contributed by atoms with E-state index in [-0.39, 0.29) is 0 Å². The van der Waals surface area contributed by atoms with Crippen molar-refractivity contribution >= 4 is 31.9 Å². The van der Waals surface area contributed by atoms with Crippen molar-refractivity contribution < 1.29 is 4.74 Å². The van der Waals surface area contributed by atoms with Crippen LogP contribution < -0.4 is 10.1 Å². The number of hydrogen-bond donors (Lipinski definition) is 1. The summed E-state index contributed by atoms with van der Waals surface area (Å²) >= 11 is 7.14. The molecule has 0 aromatic heterocycles. The molecule has 1 aromatic carbocycles. The largest absolute Gasteiger partial charge is 0.491 e. The summed E-state index contributed by atoms with van der Waals surface area (Å²) in [6.45, 7) is 1.67. The van der Waals surface area contributed by atoms with Crippen LogP contribution in [-0.4, -0.2) is 13.7 Å². The molecule has 0 atom stereocenters. The third-order valence-corrected chi connectivity index (χ3v) is 4.09. The number of hydrogen-bond acceptors (Lipinski definition) is 2. The maximum Gasteiger partial charge on any atom is 0.147 e. The van der Waals surface area contributed by atoms with Crippen molar-refractivity contribution in [3.8, 4) is 5.75 Å². The van der Waals surface area contributed by atoms with Gasteiger partial charge in [-0.05, 0) is 68.9 Å². The molecular formula is C13H17Br2NO. The summed E-state index contributed by atoms with van der Waals surface area (Å²) in [6, 6.07) is 4.21. The second kappa shape index (κ2) is 6.21. The first kappa shape index (κ1) is 13.4. The number of nitrogens with one attached hydrogen (secondary N) is 1. The minimum Gasteiger partial charge on any atom is -0.491 e. The highest BCUT2D eigenvalue weighted by Gasteiger charge is 2.21. The smallest absolute Gasteiger partial charge is 0.147 e. The lowest BCUT2D eigenvalue weighted by Crippen LogP contribution is -2.06. The molecule has 1 saturated carbocycles. The summed E-state index contributed by atoms with van der Waals surface area (Å²) < 4.78 is 7.88. The van der Waals surface area contributed by atoms with Gasteiger partial charge in [-0.15, -0.1) is 0 Å². The standard InChI is InChI=1S/C13H17Br2NO/c1-16-8-10-6-11(14)13(12(15)7-10)17-5-4-9-2-3-9/h6-7,9,16H,2-5,8H2,1H3. The van der Waals surface area contributed by atoms with Gasteiger partial charge in [-0.25, -0.2) is 0 Å². The molecule has 1 N–H and O–H groups in total. The Bertz CT molecular complexity index is 368. The van der Waals surface area contributed by atoms with Gasteiger partial charge >= 0.3 is 0 Å². The fourth-order valence-electron chi connectivity index (χ4n) is 1.79. The Hall–Kier alpha value is -0.0600. The fraction of sp³-hybridized carbons (Fsp3) is 0.538. The van der Waals surface area contributed by atoms with Crippen molar-refractivity contribution in [3.63, 3.8) is 0 Å². The molecule has 0 aliphatic heterocycles. The van der Waals surface area contributed by atoms with Crippen LogP contribution in [0.4, 0.5) is 0 Å². The van der Waals surface area contributed by atoms with Gasteiger partial charge in [0.25, 0.3) is 0 Å². The molecule has 1 aliphatic rings. The summed E-state index contributed by atoms with van der Waals surface area (Å²) in [4.78, 5) is 0. The maximum absolute atomic E-state index is 5.84. The van der Waals surface area contributed by atoms with E-state index >= 15 is 0 Å². The third kappa shape index (κ3) is 3.97. The van der Waals surface area contributed by atoms with E-state index in [1.807, 2.05) is 7.05 Å². The molecule has 1 fully saturated rings. The zero-order chi connectivity index (χ0) is 12.3. The lowest BCUT2D eigenvalue weighted by molar-refractivity contribution is 0.299. The van der Waals surface area contributed by atoms with Gasteiger partial charge in [0.15, 0.2) is 0 Å². The first-order valence-corrected chi connectivity index (χ1v) is 7.54. The fourth-order valence-corrected chi connectivity index (χ4v) is 3.30. The number of ether oxygens (including phenoxy) is 1. The Morgan fingerprint density at radius 3 is 2.47 bits per heavy atom. The monoisotopic (exact) mass is 361 g/mol. The van der Waals surface area contributed by atoms with E-state index in [1.54, 1.807) is 0 Å². The minimum absolute atomic E-state index is 0.813. The van der Waals surface area contributed by atoms with E-state index in [2.05, 4.69) is 49.3 Å². The lowest BCUT2D eigenvalue weighted by Gasteiger charge is -2.12.